The van der Waals surface area contributed by atoms with Crippen molar-refractivity contribution in [2.45, 2.75) is 16.0 Å². The average Bonchev–Trinajstić information content (AvgIpc) is 3.12. The molecule has 1 aromatic rings. The van der Waals surface area contributed by atoms with Crippen LogP contribution in [0.1, 0.15) is 19.8 Å². The quantitative estimate of drug-likeness (QED) is 0.780. The SMILES string of the molecule is [H-].[Zr][C](C1=CC=CC1)(C1=CC=CC1)c1ccccc1. The van der Waals surface area contributed by atoms with Crippen molar-refractivity contribution >= 4 is 0 Å². The zero-order valence-electron chi connectivity index (χ0n) is 11.3. The molecule has 1 aromatic carbocycles. The van der Waals surface area contributed by atoms with Gasteiger partial charge in [-0.1, -0.05) is 0 Å². The van der Waals surface area contributed by atoms with Crippen LogP contribution in [-0.2, 0) is 27.8 Å². The Balaban J connectivity index is 0.00000133. The van der Waals surface area contributed by atoms with E-state index in [4.69, 9.17) is 0 Å². The Hall–Kier alpha value is -0.937. The van der Waals surface area contributed by atoms with Crippen molar-refractivity contribution in [2.24, 2.45) is 0 Å². The van der Waals surface area contributed by atoms with Crippen LogP contribution in [0.2, 0.25) is 0 Å². The average molecular weight is 312 g/mol. The fourth-order valence-electron chi connectivity index (χ4n) is 2.72. The normalized spacial score (nSPS) is 17.9. The van der Waals surface area contributed by atoms with Gasteiger partial charge < -0.3 is 1.43 Å². The summed E-state index contributed by atoms with van der Waals surface area (Å²) in [6, 6.07) is 10.9. The van der Waals surface area contributed by atoms with Gasteiger partial charge in [-0.05, 0) is 0 Å². The Labute approximate surface area is 125 Å². The molecule has 0 spiro atoms. The molecule has 0 bridgehead atoms. The van der Waals surface area contributed by atoms with Gasteiger partial charge >= 0.3 is 124 Å². The third kappa shape index (κ3) is 1.95. The topological polar surface area (TPSA) is 0 Å². The van der Waals surface area contributed by atoms with Gasteiger partial charge in [0.05, 0.1) is 0 Å². The van der Waals surface area contributed by atoms with Crippen LogP contribution in [0.25, 0.3) is 0 Å². The standard InChI is InChI=1S/C17H15.Zr.H/c1-2-8-14(9-3-1)17(15-10-4-5-11-15)16-12-6-7-13-16;;/h1-10,12H,11,13H2;;/q;;-1. The van der Waals surface area contributed by atoms with E-state index in [0.29, 0.717) is 0 Å². The summed E-state index contributed by atoms with van der Waals surface area (Å²) in [5.74, 6) is 0. The van der Waals surface area contributed by atoms with Gasteiger partial charge in [-0.3, -0.25) is 0 Å². The van der Waals surface area contributed by atoms with Crippen molar-refractivity contribution in [3.63, 3.8) is 0 Å². The molecular formula is C17H16Zr-. The van der Waals surface area contributed by atoms with Crippen molar-refractivity contribution in [3.8, 4) is 0 Å². The predicted octanol–water partition coefficient (Wildman–Crippen LogP) is 4.31. The monoisotopic (exact) mass is 310 g/mol. The van der Waals surface area contributed by atoms with E-state index in [-0.39, 0.29) is 4.55 Å². The summed E-state index contributed by atoms with van der Waals surface area (Å²) in [5, 5.41) is 0. The minimum atomic E-state index is 0. The Kier molecular flexibility index (Phi) is 3.35. The second kappa shape index (κ2) is 4.98. The molecule has 3 rings (SSSR count). The van der Waals surface area contributed by atoms with Crippen molar-refractivity contribution < 1.29 is 26.1 Å². The first-order valence-corrected chi connectivity index (χ1v) is 7.57. The van der Waals surface area contributed by atoms with E-state index in [0.717, 1.165) is 12.8 Å². The van der Waals surface area contributed by atoms with Crippen LogP contribution in [-0.4, -0.2) is 0 Å². The maximum absolute atomic E-state index is 2.31. The first-order chi connectivity index (χ1) is 8.82. The molecule has 0 N–H and O–H groups in total. The molecular weight excluding hydrogens is 295 g/mol. The Morgan fingerprint density at radius 1 is 0.889 bits per heavy atom. The van der Waals surface area contributed by atoms with Crippen LogP contribution in [0.3, 0.4) is 0 Å². The first-order valence-electron chi connectivity index (χ1n) is 6.34. The van der Waals surface area contributed by atoms with E-state index < -0.39 is 0 Å². The molecule has 0 aliphatic heterocycles. The number of allylic oxidation sites excluding steroid dienone is 8. The van der Waals surface area contributed by atoms with E-state index in [1.54, 1.807) is 35.9 Å². The molecule has 0 amide bonds. The molecule has 89 valence electrons. The Morgan fingerprint density at radius 2 is 1.44 bits per heavy atom. The summed E-state index contributed by atoms with van der Waals surface area (Å²) < 4.78 is 0.140. The second-order valence-electron chi connectivity index (χ2n) is 4.76. The molecule has 0 radical (unpaired) electrons. The second-order valence-corrected chi connectivity index (χ2v) is 6.61. The van der Waals surface area contributed by atoms with Gasteiger partial charge in [0, 0.05) is 0 Å². The number of benzene rings is 1. The van der Waals surface area contributed by atoms with E-state index in [1.807, 2.05) is 0 Å². The van der Waals surface area contributed by atoms with Crippen LogP contribution in [0.4, 0.5) is 0 Å². The van der Waals surface area contributed by atoms with Crippen molar-refractivity contribution in [2.75, 3.05) is 0 Å². The van der Waals surface area contributed by atoms with Gasteiger partial charge in [-0.2, -0.15) is 0 Å². The van der Waals surface area contributed by atoms with Gasteiger partial charge in [0.25, 0.3) is 0 Å². The van der Waals surface area contributed by atoms with Crippen LogP contribution in [0.5, 0.6) is 0 Å². The van der Waals surface area contributed by atoms with E-state index in [2.05, 4.69) is 66.8 Å². The van der Waals surface area contributed by atoms with Crippen molar-refractivity contribution in [1.29, 1.82) is 0 Å². The summed E-state index contributed by atoms with van der Waals surface area (Å²) in [7, 11) is 0. The summed E-state index contributed by atoms with van der Waals surface area (Å²) in [6.07, 6.45) is 15.7. The summed E-state index contributed by atoms with van der Waals surface area (Å²) in [5.41, 5.74) is 4.52. The predicted molar refractivity (Wildman–Crippen MR) is 72.9 cm³/mol. The van der Waals surface area contributed by atoms with E-state index in [1.165, 1.54) is 5.56 Å². The molecule has 0 aromatic heterocycles. The molecule has 0 saturated heterocycles. The molecule has 0 atom stereocenters. The van der Waals surface area contributed by atoms with Crippen LogP contribution < -0.4 is 0 Å². The van der Waals surface area contributed by atoms with Gasteiger partial charge in [-0.15, -0.1) is 0 Å². The summed E-state index contributed by atoms with van der Waals surface area (Å²) >= 11 is 1.56. The van der Waals surface area contributed by atoms with E-state index in [9.17, 15) is 0 Å². The molecule has 0 nitrogen and oxygen atoms in total. The molecule has 18 heavy (non-hydrogen) atoms. The van der Waals surface area contributed by atoms with Gasteiger partial charge in [0.15, 0.2) is 0 Å². The zero-order valence-corrected chi connectivity index (χ0v) is 12.7. The summed E-state index contributed by atoms with van der Waals surface area (Å²) in [4.78, 5) is 0. The van der Waals surface area contributed by atoms with Crippen molar-refractivity contribution in [1.82, 2.24) is 0 Å². The minimum absolute atomic E-state index is 0. The number of rotatable bonds is 3. The molecule has 0 heterocycles. The van der Waals surface area contributed by atoms with E-state index >= 15 is 0 Å². The first kappa shape index (κ1) is 12.1. The van der Waals surface area contributed by atoms with Gasteiger partial charge in [-0.25, -0.2) is 0 Å². The molecule has 1 heteroatoms. The zero-order chi connectivity index (χ0) is 12.4. The fraction of sp³-hybridized carbons (Fsp3) is 0.176. The maximum atomic E-state index is 2.31. The third-order valence-electron chi connectivity index (χ3n) is 3.71. The Morgan fingerprint density at radius 3 is 1.89 bits per heavy atom. The van der Waals surface area contributed by atoms with Crippen molar-refractivity contribution in [3.05, 3.63) is 83.5 Å². The summed E-state index contributed by atoms with van der Waals surface area (Å²) in [6.45, 7) is 0. The van der Waals surface area contributed by atoms with Crippen LogP contribution >= 0.6 is 0 Å². The van der Waals surface area contributed by atoms with Gasteiger partial charge in [0.1, 0.15) is 0 Å². The van der Waals surface area contributed by atoms with Gasteiger partial charge in [0.2, 0.25) is 0 Å². The molecule has 2 aliphatic rings. The molecule has 2 aliphatic carbocycles. The van der Waals surface area contributed by atoms with Crippen LogP contribution in [0.15, 0.2) is 77.9 Å². The fourth-order valence-corrected chi connectivity index (χ4v) is 4.04. The molecule has 0 fully saturated rings. The number of hydrogen-bond acceptors (Lipinski definition) is 0. The third-order valence-corrected chi connectivity index (χ3v) is 6.00. The molecule has 0 saturated carbocycles. The Bertz CT molecular complexity index is 534. The number of hydrogen-bond donors (Lipinski definition) is 0. The molecule has 0 unspecified atom stereocenters. The van der Waals surface area contributed by atoms with Crippen LogP contribution in [0, 0.1) is 0 Å².